The van der Waals surface area contributed by atoms with Gasteiger partial charge in [-0.2, -0.15) is 0 Å². The number of benzene rings is 1. The first-order valence-corrected chi connectivity index (χ1v) is 12.6. The molecule has 10 heteroatoms. The molecule has 8 nitrogen and oxygen atoms in total. The summed E-state index contributed by atoms with van der Waals surface area (Å²) in [6.45, 7) is 5.62. The number of nitrogens with zero attached hydrogens (tertiary/aromatic N) is 2. The standard InChI is InChI=1S/C18H26N2O6S2/c1-14(2)26-15-3-5-16(6-4-15)28(24,25)18-12-27(22,23)11-17(18)20-9-7-19(13-21)8-10-20/h3-6,13-14,17-18H,7-12H2,1-2H3/t17-,18-/m0/s1. The van der Waals surface area contributed by atoms with Crippen molar-refractivity contribution in [3.8, 4) is 5.75 Å². The molecule has 1 amide bonds. The lowest BCUT2D eigenvalue weighted by Gasteiger charge is -2.37. The maximum atomic E-state index is 13.2. The summed E-state index contributed by atoms with van der Waals surface area (Å²) >= 11 is 0. The second kappa shape index (κ2) is 8.00. The Hall–Kier alpha value is -1.65. The Bertz CT molecular complexity index is 904. The Morgan fingerprint density at radius 3 is 2.21 bits per heavy atom. The van der Waals surface area contributed by atoms with Crippen molar-refractivity contribution in [3.63, 3.8) is 0 Å². The van der Waals surface area contributed by atoms with Crippen LogP contribution in [0.5, 0.6) is 5.75 Å². The Morgan fingerprint density at radius 2 is 1.68 bits per heavy atom. The number of hydrogen-bond donors (Lipinski definition) is 0. The normalized spacial score (nSPS) is 25.8. The molecule has 3 rings (SSSR count). The molecule has 156 valence electrons. The van der Waals surface area contributed by atoms with E-state index in [1.54, 1.807) is 17.0 Å². The summed E-state index contributed by atoms with van der Waals surface area (Å²) in [5.41, 5.74) is 0. The number of piperazine rings is 1. The van der Waals surface area contributed by atoms with Crippen molar-refractivity contribution < 1.29 is 26.4 Å². The molecule has 2 aliphatic heterocycles. The lowest BCUT2D eigenvalue weighted by molar-refractivity contribution is -0.119. The van der Waals surface area contributed by atoms with Crippen LogP contribution in [0.2, 0.25) is 0 Å². The predicted octanol–water partition coefficient (Wildman–Crippen LogP) is 0.187. The minimum absolute atomic E-state index is 0.0307. The van der Waals surface area contributed by atoms with E-state index in [1.807, 2.05) is 18.7 Å². The van der Waals surface area contributed by atoms with Gasteiger partial charge in [0.25, 0.3) is 0 Å². The molecule has 28 heavy (non-hydrogen) atoms. The fourth-order valence-corrected chi connectivity index (χ4v) is 8.59. The number of rotatable bonds is 6. The lowest BCUT2D eigenvalue weighted by Crippen LogP contribution is -2.54. The van der Waals surface area contributed by atoms with Gasteiger partial charge in [0.05, 0.1) is 27.8 Å². The zero-order chi connectivity index (χ0) is 20.5. The molecule has 1 aromatic carbocycles. The molecule has 2 aliphatic rings. The van der Waals surface area contributed by atoms with Crippen LogP contribution in [-0.4, -0.2) is 88.1 Å². The summed E-state index contributed by atoms with van der Waals surface area (Å²) in [5, 5.41) is -1.02. The van der Waals surface area contributed by atoms with E-state index in [1.165, 1.54) is 12.1 Å². The average Bonchev–Trinajstić information content (AvgIpc) is 2.98. The highest BCUT2D eigenvalue weighted by Crippen LogP contribution is 2.30. The molecule has 0 aromatic heterocycles. The average molecular weight is 431 g/mol. The van der Waals surface area contributed by atoms with Crippen molar-refractivity contribution in [2.24, 2.45) is 0 Å². The zero-order valence-electron chi connectivity index (χ0n) is 16.0. The van der Waals surface area contributed by atoms with Crippen LogP contribution in [0.3, 0.4) is 0 Å². The van der Waals surface area contributed by atoms with Gasteiger partial charge in [0.2, 0.25) is 6.41 Å². The Balaban J connectivity index is 1.85. The van der Waals surface area contributed by atoms with Gasteiger partial charge in [-0.05, 0) is 38.1 Å². The molecule has 0 radical (unpaired) electrons. The van der Waals surface area contributed by atoms with Crippen LogP contribution in [0.25, 0.3) is 0 Å². The maximum absolute atomic E-state index is 13.2. The third-order valence-corrected chi connectivity index (χ3v) is 9.30. The van der Waals surface area contributed by atoms with Gasteiger partial charge in [-0.15, -0.1) is 0 Å². The number of carbonyl (C=O) groups is 1. The number of hydrogen-bond acceptors (Lipinski definition) is 7. The van der Waals surface area contributed by atoms with Gasteiger partial charge in [0.1, 0.15) is 5.75 Å². The first-order valence-electron chi connectivity index (χ1n) is 9.27. The molecular weight excluding hydrogens is 404 g/mol. The van der Waals surface area contributed by atoms with Gasteiger partial charge in [-0.1, -0.05) is 0 Å². The monoisotopic (exact) mass is 430 g/mol. The van der Waals surface area contributed by atoms with Gasteiger partial charge < -0.3 is 9.64 Å². The van der Waals surface area contributed by atoms with Crippen LogP contribution in [0.4, 0.5) is 0 Å². The van der Waals surface area contributed by atoms with Gasteiger partial charge >= 0.3 is 0 Å². The number of sulfone groups is 2. The van der Waals surface area contributed by atoms with Crippen molar-refractivity contribution in [2.45, 2.75) is 36.1 Å². The molecule has 2 fully saturated rings. The van der Waals surface area contributed by atoms with E-state index >= 15 is 0 Å². The number of ether oxygens (including phenoxy) is 1. The predicted molar refractivity (Wildman–Crippen MR) is 105 cm³/mol. The van der Waals surface area contributed by atoms with E-state index < -0.39 is 31.0 Å². The van der Waals surface area contributed by atoms with Crippen molar-refractivity contribution in [3.05, 3.63) is 24.3 Å². The van der Waals surface area contributed by atoms with Crippen LogP contribution in [0.15, 0.2) is 29.2 Å². The molecule has 0 spiro atoms. The van der Waals surface area contributed by atoms with Crippen LogP contribution < -0.4 is 4.74 Å². The van der Waals surface area contributed by atoms with Gasteiger partial charge in [-0.3, -0.25) is 9.69 Å². The van der Waals surface area contributed by atoms with Gasteiger partial charge in [0, 0.05) is 32.2 Å². The molecule has 2 heterocycles. The summed E-state index contributed by atoms with van der Waals surface area (Å²) in [5.74, 6) is 0.0135. The van der Waals surface area contributed by atoms with E-state index in [4.69, 9.17) is 4.74 Å². The highest BCUT2D eigenvalue weighted by Gasteiger charge is 2.48. The van der Waals surface area contributed by atoms with E-state index in [9.17, 15) is 21.6 Å². The highest BCUT2D eigenvalue weighted by atomic mass is 32.2. The summed E-state index contributed by atoms with van der Waals surface area (Å²) in [6.07, 6.45) is 0.731. The molecule has 0 N–H and O–H groups in total. The fourth-order valence-electron chi connectivity index (χ4n) is 3.76. The molecule has 1 aromatic rings. The quantitative estimate of drug-likeness (QED) is 0.594. The molecular formula is C18H26N2O6S2. The van der Waals surface area contributed by atoms with E-state index in [2.05, 4.69) is 0 Å². The third kappa shape index (κ3) is 4.49. The largest absolute Gasteiger partial charge is 0.491 e. The smallest absolute Gasteiger partial charge is 0.209 e. The second-order valence-corrected chi connectivity index (χ2v) is 11.9. The van der Waals surface area contributed by atoms with E-state index in [0.29, 0.717) is 31.9 Å². The van der Waals surface area contributed by atoms with E-state index in [-0.39, 0.29) is 22.5 Å². The van der Waals surface area contributed by atoms with Crippen molar-refractivity contribution >= 4 is 26.1 Å². The first-order chi connectivity index (χ1) is 13.1. The minimum Gasteiger partial charge on any atom is -0.491 e. The Labute approximate surface area is 166 Å². The number of carbonyl (C=O) groups excluding carboxylic acids is 1. The van der Waals surface area contributed by atoms with Gasteiger partial charge in [0.15, 0.2) is 19.7 Å². The van der Waals surface area contributed by atoms with Gasteiger partial charge in [-0.25, -0.2) is 16.8 Å². The SMILES string of the molecule is CC(C)Oc1ccc(S(=O)(=O)[C@H]2CS(=O)(=O)C[C@@H]2N2CCN(C=O)CC2)cc1. The van der Waals surface area contributed by atoms with Crippen LogP contribution >= 0.6 is 0 Å². The van der Waals surface area contributed by atoms with Crippen LogP contribution in [0, 0.1) is 0 Å². The topological polar surface area (TPSA) is 101 Å². The lowest BCUT2D eigenvalue weighted by atomic mass is 10.2. The summed E-state index contributed by atoms with van der Waals surface area (Å²) < 4.78 is 56.6. The summed E-state index contributed by atoms with van der Waals surface area (Å²) in [6, 6.07) is 5.52. The van der Waals surface area contributed by atoms with Crippen LogP contribution in [-0.2, 0) is 24.5 Å². The third-order valence-electron chi connectivity index (χ3n) is 5.16. The van der Waals surface area contributed by atoms with Crippen molar-refractivity contribution in [1.29, 1.82) is 0 Å². The maximum Gasteiger partial charge on any atom is 0.209 e. The van der Waals surface area contributed by atoms with Crippen LogP contribution in [0.1, 0.15) is 13.8 Å². The molecule has 2 atom stereocenters. The first kappa shape index (κ1) is 21.1. The Kier molecular flexibility index (Phi) is 6.02. The minimum atomic E-state index is -3.83. The second-order valence-electron chi connectivity index (χ2n) is 7.54. The highest BCUT2D eigenvalue weighted by molar-refractivity contribution is 7.96. The summed E-state index contributed by atoms with van der Waals surface area (Å²) in [7, 11) is -7.29. The fraction of sp³-hybridized carbons (Fsp3) is 0.611. The molecule has 0 unspecified atom stereocenters. The molecule has 0 saturated carbocycles. The van der Waals surface area contributed by atoms with Crippen molar-refractivity contribution in [1.82, 2.24) is 9.80 Å². The molecule has 0 bridgehead atoms. The zero-order valence-corrected chi connectivity index (χ0v) is 17.7. The molecule has 0 aliphatic carbocycles. The molecule has 2 saturated heterocycles. The summed E-state index contributed by atoms with van der Waals surface area (Å²) in [4.78, 5) is 14.5. The Morgan fingerprint density at radius 1 is 1.07 bits per heavy atom. The van der Waals surface area contributed by atoms with E-state index in [0.717, 1.165) is 6.41 Å². The van der Waals surface area contributed by atoms with Crippen molar-refractivity contribution in [2.75, 3.05) is 37.7 Å². The number of amides is 1.